The van der Waals surface area contributed by atoms with E-state index in [4.69, 9.17) is 20.4 Å². The fourth-order valence-electron chi connectivity index (χ4n) is 7.64. The van der Waals surface area contributed by atoms with Crippen molar-refractivity contribution in [2.75, 3.05) is 31.6 Å². The van der Waals surface area contributed by atoms with Gasteiger partial charge in [-0.1, -0.05) is 30.3 Å². The van der Waals surface area contributed by atoms with Gasteiger partial charge in [0.1, 0.15) is 17.3 Å². The Hall–Kier alpha value is -6.44. The van der Waals surface area contributed by atoms with Crippen LogP contribution in [0.2, 0.25) is 0 Å². The van der Waals surface area contributed by atoms with Gasteiger partial charge in [0.15, 0.2) is 0 Å². The van der Waals surface area contributed by atoms with Crippen LogP contribution in [0.4, 0.5) is 23.7 Å². The molecule has 1 saturated heterocycles. The molecule has 1 saturated carbocycles. The summed E-state index contributed by atoms with van der Waals surface area (Å²) in [4.78, 5) is 70.4. The Balaban J connectivity index is 0.00000102. The number of pyridine rings is 1. The van der Waals surface area contributed by atoms with Crippen LogP contribution in [0.3, 0.4) is 0 Å². The van der Waals surface area contributed by atoms with Gasteiger partial charge in [-0.25, -0.2) is 14.6 Å². The quantitative estimate of drug-likeness (QED) is 0.119. The molecule has 2 fully saturated rings. The fourth-order valence-corrected chi connectivity index (χ4v) is 7.64. The number of alkyl carbamates (subject to hydrolysis) is 1. The average molecular weight is 893 g/mol. The Morgan fingerprint density at radius 3 is 2.06 bits per heavy atom. The molecule has 1 atom stereocenters. The number of carbonyl (C=O) groups is 5. The number of aromatic nitrogens is 5. The number of halogens is 3. The number of nitrogens with two attached hydrogens (primary N) is 1. The number of amides is 4. The number of hydrogen-bond donors (Lipinski definition) is 5. The summed E-state index contributed by atoms with van der Waals surface area (Å²) in [6, 6.07) is 17.7. The van der Waals surface area contributed by atoms with Crippen LogP contribution in [0.25, 0.3) is 22.5 Å². The number of carbonyl (C=O) groups excluding carboxylic acids is 4. The van der Waals surface area contributed by atoms with E-state index in [-0.39, 0.29) is 36.1 Å². The van der Waals surface area contributed by atoms with Crippen LogP contribution in [0.1, 0.15) is 81.0 Å². The van der Waals surface area contributed by atoms with Gasteiger partial charge in [-0.05, 0) is 139 Å². The first kappa shape index (κ1) is 48.6. The Labute approximate surface area is 368 Å². The number of ether oxygens (including phenoxy) is 1. The van der Waals surface area contributed by atoms with Gasteiger partial charge in [-0.3, -0.25) is 19.3 Å². The number of benzene rings is 2. The van der Waals surface area contributed by atoms with E-state index in [9.17, 15) is 32.3 Å². The van der Waals surface area contributed by atoms with Crippen molar-refractivity contribution in [3.05, 3.63) is 77.6 Å². The lowest BCUT2D eigenvalue weighted by molar-refractivity contribution is -0.192. The summed E-state index contributed by atoms with van der Waals surface area (Å²) in [6.45, 7) is 9.72. The molecule has 6 rings (SSSR count). The fraction of sp³-hybridized carbons (Fsp3) is 0.477. The summed E-state index contributed by atoms with van der Waals surface area (Å²) in [7, 11) is 2.09. The molecular weight excluding hydrogens is 838 g/mol. The largest absolute Gasteiger partial charge is 0.490 e. The van der Waals surface area contributed by atoms with E-state index in [1.54, 1.807) is 35.2 Å². The van der Waals surface area contributed by atoms with E-state index < -0.39 is 35.8 Å². The normalized spacial score (nSPS) is 17.6. The smallest absolute Gasteiger partial charge is 0.475 e. The number of nitrogens with one attached hydrogen (secondary N) is 3. The van der Waals surface area contributed by atoms with E-state index in [1.165, 1.54) is 0 Å². The molecule has 1 aliphatic heterocycles. The molecule has 4 aromatic rings. The second-order valence-electron chi connectivity index (χ2n) is 17.1. The van der Waals surface area contributed by atoms with Crippen LogP contribution in [-0.4, -0.2) is 116 Å². The van der Waals surface area contributed by atoms with Crippen LogP contribution in [0, 0.1) is 18.8 Å². The van der Waals surface area contributed by atoms with Crippen molar-refractivity contribution >= 4 is 35.5 Å². The summed E-state index contributed by atoms with van der Waals surface area (Å²) < 4.78 is 37.1. The molecule has 2 aromatic carbocycles. The van der Waals surface area contributed by atoms with E-state index in [0.717, 1.165) is 61.2 Å². The topological polar surface area (TPSA) is 239 Å². The SMILES string of the molecule is Cc1nc(C(=O)NC2CCN(C)CC2)ccc1-c1ccc(C[C@@H](C(N)=O)N(c2ccc(-c3nn[nH]n3)cc2)C(=O)[C@H]2CC[C@H](CNC(=O)OC(C)(C)C)CC2)cc1.O=C(O)C(F)(F)F. The number of aryl methyl sites for hydroxylation is 1. The van der Waals surface area contributed by atoms with Gasteiger partial charge in [0.2, 0.25) is 17.6 Å². The van der Waals surface area contributed by atoms with Gasteiger partial charge >= 0.3 is 18.2 Å². The third-order valence-corrected chi connectivity index (χ3v) is 11.1. The third kappa shape index (κ3) is 13.8. The number of carboxylic acid groups (broad SMARTS) is 1. The highest BCUT2D eigenvalue weighted by atomic mass is 19.4. The van der Waals surface area contributed by atoms with E-state index >= 15 is 0 Å². The zero-order chi connectivity index (χ0) is 46.8. The number of primary amides is 1. The number of tetrazole rings is 1. The number of alkyl halides is 3. The number of nitrogens with zero attached hydrogens (tertiary/aromatic N) is 6. The summed E-state index contributed by atoms with van der Waals surface area (Å²) >= 11 is 0. The monoisotopic (exact) mass is 892 g/mol. The molecule has 20 heteroatoms. The minimum Gasteiger partial charge on any atom is -0.475 e. The number of rotatable bonds is 12. The number of aliphatic carboxylic acids is 1. The number of carboxylic acids is 1. The van der Waals surface area contributed by atoms with Crippen molar-refractivity contribution in [1.29, 1.82) is 0 Å². The van der Waals surface area contributed by atoms with Gasteiger partial charge in [-0.2, -0.15) is 18.4 Å². The standard InChI is InChI=1S/C42H54N10O5.C2HF3O2/c1-26-34(18-19-35(45-26)39(54)46-32-20-22-51(5)23-21-32)29-10-6-27(7-11-29)24-36(37(43)53)52(33-16-14-30(15-17-33)38-47-49-50-48-38)40(55)31-12-8-28(9-13-31)25-44-41(56)57-42(2,3)4;3-2(4,5)1(6)7/h6-7,10-11,14-19,28,31-32,36H,8-9,12-13,20-25H2,1-5H3,(H2,43,53)(H,44,56)(H,46,54)(H,47,48,49,50);(H,6,7)/t28-,31-,36-;/m0./s1. The van der Waals surface area contributed by atoms with Crippen molar-refractivity contribution in [3.8, 4) is 22.5 Å². The van der Waals surface area contributed by atoms with Crippen LogP contribution >= 0.6 is 0 Å². The zero-order valence-corrected chi connectivity index (χ0v) is 36.4. The molecule has 1 aliphatic carbocycles. The number of likely N-dealkylation sites (tertiary alicyclic amines) is 1. The first-order valence-electron chi connectivity index (χ1n) is 21.0. The highest BCUT2D eigenvalue weighted by Crippen LogP contribution is 2.34. The molecule has 2 aliphatic rings. The molecule has 4 amide bonds. The van der Waals surface area contributed by atoms with Gasteiger partial charge in [0.25, 0.3) is 5.91 Å². The maximum absolute atomic E-state index is 14.5. The number of hydrogen-bond acceptors (Lipinski definition) is 11. The Bertz CT molecular complexity index is 2220. The maximum Gasteiger partial charge on any atom is 0.490 e. The van der Waals surface area contributed by atoms with Crippen LogP contribution in [0.5, 0.6) is 0 Å². The van der Waals surface area contributed by atoms with Crippen molar-refractivity contribution in [3.63, 3.8) is 0 Å². The lowest BCUT2D eigenvalue weighted by Crippen LogP contribution is -2.52. The second-order valence-corrected chi connectivity index (χ2v) is 17.1. The third-order valence-electron chi connectivity index (χ3n) is 11.1. The van der Waals surface area contributed by atoms with Gasteiger partial charge in [0.05, 0.1) is 0 Å². The second kappa shape index (κ2) is 21.3. The molecule has 0 unspecified atom stereocenters. The lowest BCUT2D eigenvalue weighted by Gasteiger charge is -2.36. The van der Waals surface area contributed by atoms with E-state index in [2.05, 4.69) is 48.2 Å². The number of anilines is 1. The van der Waals surface area contributed by atoms with Crippen LogP contribution < -0.4 is 21.3 Å². The van der Waals surface area contributed by atoms with E-state index in [0.29, 0.717) is 42.2 Å². The van der Waals surface area contributed by atoms with Crippen molar-refractivity contribution in [1.82, 2.24) is 41.1 Å². The highest BCUT2D eigenvalue weighted by Gasteiger charge is 2.38. The molecule has 6 N–H and O–H groups in total. The lowest BCUT2D eigenvalue weighted by atomic mass is 9.81. The van der Waals surface area contributed by atoms with Gasteiger partial charge < -0.3 is 31.1 Å². The van der Waals surface area contributed by atoms with Crippen molar-refractivity contribution in [2.24, 2.45) is 17.6 Å². The van der Waals surface area contributed by atoms with Crippen molar-refractivity contribution < 1.29 is 47.0 Å². The Kier molecular flexibility index (Phi) is 16.2. The van der Waals surface area contributed by atoms with Gasteiger partial charge in [-0.15, -0.1) is 10.2 Å². The first-order chi connectivity index (χ1) is 30.2. The predicted octanol–water partition coefficient (Wildman–Crippen LogP) is 5.46. The number of H-pyrrole nitrogens is 1. The molecule has 3 heterocycles. The summed E-state index contributed by atoms with van der Waals surface area (Å²) in [5.74, 6) is -3.46. The Morgan fingerprint density at radius 1 is 0.922 bits per heavy atom. The minimum atomic E-state index is -5.08. The summed E-state index contributed by atoms with van der Waals surface area (Å²) in [5.41, 5.74) is 10.5. The molecule has 0 radical (unpaired) electrons. The first-order valence-corrected chi connectivity index (χ1v) is 21.0. The molecule has 2 aromatic heterocycles. The molecular formula is C44H55F3N10O7. The van der Waals surface area contributed by atoms with Crippen LogP contribution in [0.15, 0.2) is 60.7 Å². The van der Waals surface area contributed by atoms with Crippen LogP contribution in [-0.2, 0) is 25.5 Å². The predicted molar refractivity (Wildman–Crippen MR) is 230 cm³/mol. The van der Waals surface area contributed by atoms with Crippen molar-refractivity contribution in [2.45, 2.75) is 96.5 Å². The Morgan fingerprint density at radius 2 is 1.53 bits per heavy atom. The number of aromatic amines is 1. The highest BCUT2D eigenvalue weighted by molar-refractivity contribution is 6.02. The van der Waals surface area contributed by atoms with Gasteiger partial charge in [0, 0.05) is 47.4 Å². The average Bonchev–Trinajstić information content (AvgIpc) is 3.79. The zero-order valence-electron chi connectivity index (χ0n) is 36.4. The molecule has 344 valence electrons. The molecule has 0 spiro atoms. The minimum absolute atomic E-state index is 0.143. The summed E-state index contributed by atoms with van der Waals surface area (Å²) in [6.07, 6.45) is -0.849. The number of piperidine rings is 1. The maximum atomic E-state index is 14.5. The molecule has 64 heavy (non-hydrogen) atoms. The molecule has 17 nitrogen and oxygen atoms in total. The van der Waals surface area contributed by atoms with E-state index in [1.807, 2.05) is 58.0 Å². The molecule has 0 bridgehead atoms. The summed E-state index contributed by atoms with van der Waals surface area (Å²) in [5, 5.41) is 27.3.